The lowest BCUT2D eigenvalue weighted by Crippen LogP contribution is -2.46. The number of hydrogen-bond donors (Lipinski definition) is 2. The SMILES string of the molecule is CCCCCCCCC[C@@H](C[C@@H](OCOC)[C@@H](CO)ONc1ccccc1)O[Si](C)(C)C(C)(C)C. The standard InChI is InChI=1S/C28H53NO5Si/c1-8-9-10-11-12-13-17-20-25(34-35(6,7)28(2,3)4)21-26(32-23-31-5)27(22-30)33-29-24-18-15-14-16-19-24/h14-16,18-19,25-27,29-30H,8-13,17,20-23H2,1-7H3/t25-,26+,27+/m0/s1. The highest BCUT2D eigenvalue weighted by Crippen LogP contribution is 2.38. The highest BCUT2D eigenvalue weighted by molar-refractivity contribution is 6.74. The number of anilines is 1. The average Bonchev–Trinajstić information content (AvgIpc) is 2.81. The summed E-state index contributed by atoms with van der Waals surface area (Å²) in [6, 6.07) is 9.66. The van der Waals surface area contributed by atoms with Crippen LogP contribution in [0.2, 0.25) is 18.1 Å². The zero-order valence-corrected chi connectivity index (χ0v) is 24.5. The van der Waals surface area contributed by atoms with Crippen molar-refractivity contribution in [3.05, 3.63) is 30.3 Å². The molecule has 3 atom stereocenters. The third-order valence-electron chi connectivity index (χ3n) is 6.99. The van der Waals surface area contributed by atoms with Gasteiger partial charge in [0.2, 0.25) is 0 Å². The second kappa shape index (κ2) is 17.5. The summed E-state index contributed by atoms with van der Waals surface area (Å²) in [6.07, 6.45) is 9.64. The molecule has 2 N–H and O–H groups in total. The first-order valence-corrected chi connectivity index (χ1v) is 16.4. The number of para-hydroxylation sites is 1. The van der Waals surface area contributed by atoms with Crippen molar-refractivity contribution in [2.75, 3.05) is 26.0 Å². The lowest BCUT2D eigenvalue weighted by atomic mass is 10.0. The van der Waals surface area contributed by atoms with Crippen LogP contribution < -0.4 is 5.48 Å². The van der Waals surface area contributed by atoms with Crippen LogP contribution in [0.1, 0.15) is 85.5 Å². The highest BCUT2D eigenvalue weighted by atomic mass is 28.4. The molecule has 0 aliphatic rings. The third kappa shape index (κ3) is 13.2. The fourth-order valence-electron chi connectivity index (χ4n) is 3.77. The Hall–Kier alpha value is -0.963. The van der Waals surface area contributed by atoms with Crippen molar-refractivity contribution >= 4 is 14.0 Å². The molecular weight excluding hydrogens is 458 g/mol. The van der Waals surface area contributed by atoms with E-state index in [9.17, 15) is 5.11 Å². The Kier molecular flexibility index (Phi) is 16.0. The number of benzene rings is 1. The minimum absolute atomic E-state index is 0.0442. The number of aliphatic hydroxyl groups is 1. The number of nitrogens with one attached hydrogen (secondary N) is 1. The number of rotatable bonds is 20. The van der Waals surface area contributed by atoms with Crippen molar-refractivity contribution in [1.82, 2.24) is 0 Å². The van der Waals surface area contributed by atoms with Crippen LogP contribution in [-0.4, -0.2) is 52.2 Å². The van der Waals surface area contributed by atoms with Crippen LogP contribution in [-0.2, 0) is 18.7 Å². The molecule has 1 rings (SSSR count). The monoisotopic (exact) mass is 511 g/mol. The first kappa shape index (κ1) is 32.1. The van der Waals surface area contributed by atoms with Crippen molar-refractivity contribution < 1.29 is 23.8 Å². The van der Waals surface area contributed by atoms with Gasteiger partial charge in [-0.25, -0.2) is 0 Å². The van der Waals surface area contributed by atoms with Crippen LogP contribution in [0.3, 0.4) is 0 Å². The number of hydrogen-bond acceptors (Lipinski definition) is 6. The quantitative estimate of drug-likeness (QED) is 0.0828. The Bertz CT molecular complexity index is 638. The normalized spacial score (nSPS) is 15.1. The smallest absolute Gasteiger partial charge is 0.192 e. The highest BCUT2D eigenvalue weighted by Gasteiger charge is 2.40. The molecule has 0 heterocycles. The molecule has 0 aliphatic heterocycles. The zero-order valence-electron chi connectivity index (χ0n) is 23.5. The van der Waals surface area contributed by atoms with E-state index in [0.29, 0.717) is 6.42 Å². The lowest BCUT2D eigenvalue weighted by Gasteiger charge is -2.40. The summed E-state index contributed by atoms with van der Waals surface area (Å²) in [4.78, 5) is 5.89. The molecule has 0 unspecified atom stereocenters. The molecule has 6 nitrogen and oxygen atoms in total. The van der Waals surface area contributed by atoms with Crippen LogP contribution in [0.5, 0.6) is 0 Å². The van der Waals surface area contributed by atoms with E-state index in [1.807, 2.05) is 30.3 Å². The maximum Gasteiger partial charge on any atom is 0.192 e. The first-order chi connectivity index (χ1) is 16.6. The van der Waals surface area contributed by atoms with E-state index in [1.165, 1.54) is 38.5 Å². The molecule has 35 heavy (non-hydrogen) atoms. The van der Waals surface area contributed by atoms with E-state index in [-0.39, 0.29) is 30.6 Å². The largest absolute Gasteiger partial charge is 0.414 e. The van der Waals surface area contributed by atoms with Crippen LogP contribution in [0, 0.1) is 0 Å². The van der Waals surface area contributed by atoms with Gasteiger partial charge in [-0.1, -0.05) is 90.8 Å². The Morgan fingerprint density at radius 2 is 1.57 bits per heavy atom. The van der Waals surface area contributed by atoms with Gasteiger partial charge >= 0.3 is 0 Å². The van der Waals surface area contributed by atoms with Crippen LogP contribution in [0.15, 0.2) is 30.3 Å². The van der Waals surface area contributed by atoms with E-state index in [1.54, 1.807) is 7.11 Å². The van der Waals surface area contributed by atoms with E-state index >= 15 is 0 Å². The molecule has 0 aliphatic carbocycles. The molecule has 1 aromatic carbocycles. The molecule has 0 bridgehead atoms. The molecule has 1 aromatic rings. The van der Waals surface area contributed by atoms with Crippen molar-refractivity contribution in [3.63, 3.8) is 0 Å². The van der Waals surface area contributed by atoms with Gasteiger partial charge in [-0.2, -0.15) is 0 Å². The second-order valence-corrected chi connectivity index (χ2v) is 15.8. The number of unbranched alkanes of at least 4 members (excludes halogenated alkanes) is 6. The van der Waals surface area contributed by atoms with Crippen LogP contribution >= 0.6 is 0 Å². The van der Waals surface area contributed by atoms with Gasteiger partial charge in [0.05, 0.1) is 18.4 Å². The predicted molar refractivity (Wildman–Crippen MR) is 148 cm³/mol. The third-order valence-corrected chi connectivity index (χ3v) is 11.5. The van der Waals surface area contributed by atoms with Crippen molar-refractivity contribution in [2.45, 2.75) is 122 Å². The molecule has 0 fully saturated rings. The molecule has 0 radical (unpaired) electrons. The van der Waals surface area contributed by atoms with E-state index in [0.717, 1.165) is 18.5 Å². The first-order valence-electron chi connectivity index (χ1n) is 13.5. The number of aliphatic hydroxyl groups excluding tert-OH is 1. The fourth-order valence-corrected chi connectivity index (χ4v) is 5.17. The summed E-state index contributed by atoms with van der Waals surface area (Å²) in [7, 11) is -0.367. The maximum atomic E-state index is 10.1. The van der Waals surface area contributed by atoms with Crippen molar-refractivity contribution in [3.8, 4) is 0 Å². The van der Waals surface area contributed by atoms with Gasteiger partial charge < -0.3 is 19.0 Å². The summed E-state index contributed by atoms with van der Waals surface area (Å²) >= 11 is 0. The molecule has 0 saturated heterocycles. The average molecular weight is 512 g/mol. The topological polar surface area (TPSA) is 69.2 Å². The second-order valence-electron chi connectivity index (χ2n) is 11.1. The number of methoxy groups -OCH3 is 1. The van der Waals surface area contributed by atoms with E-state index < -0.39 is 14.4 Å². The zero-order chi connectivity index (χ0) is 26.2. The van der Waals surface area contributed by atoms with Gasteiger partial charge in [-0.05, 0) is 36.7 Å². The molecule has 7 heteroatoms. The Labute approximate surface area is 216 Å². The summed E-state index contributed by atoms with van der Waals surface area (Å²) < 4.78 is 18.1. The Balaban J connectivity index is 2.86. The van der Waals surface area contributed by atoms with Crippen LogP contribution in [0.4, 0.5) is 5.69 Å². The summed E-state index contributed by atoms with van der Waals surface area (Å²) in [6.45, 7) is 13.6. The Morgan fingerprint density at radius 3 is 2.14 bits per heavy atom. The Morgan fingerprint density at radius 1 is 0.943 bits per heavy atom. The summed E-state index contributed by atoms with van der Waals surface area (Å²) in [5, 5.41) is 10.3. The molecule has 0 saturated carbocycles. The van der Waals surface area contributed by atoms with Gasteiger partial charge in [0.1, 0.15) is 12.9 Å². The fraction of sp³-hybridized carbons (Fsp3) is 0.786. The number of ether oxygens (including phenoxy) is 2. The van der Waals surface area contributed by atoms with Gasteiger partial charge in [-0.3, -0.25) is 10.3 Å². The molecule has 0 spiro atoms. The van der Waals surface area contributed by atoms with E-state index in [4.69, 9.17) is 18.7 Å². The summed E-state index contributed by atoms with van der Waals surface area (Å²) in [5.41, 5.74) is 3.79. The lowest BCUT2D eigenvalue weighted by molar-refractivity contribution is -0.140. The van der Waals surface area contributed by atoms with Gasteiger partial charge in [0, 0.05) is 19.6 Å². The van der Waals surface area contributed by atoms with Gasteiger partial charge in [-0.15, -0.1) is 0 Å². The predicted octanol–water partition coefficient (Wildman–Crippen LogP) is 7.30. The van der Waals surface area contributed by atoms with Gasteiger partial charge in [0.15, 0.2) is 8.32 Å². The summed E-state index contributed by atoms with van der Waals surface area (Å²) in [5.74, 6) is 0. The molecule has 0 aromatic heterocycles. The minimum Gasteiger partial charge on any atom is -0.414 e. The minimum atomic E-state index is -1.97. The maximum absolute atomic E-state index is 10.1. The van der Waals surface area contributed by atoms with Crippen LogP contribution in [0.25, 0.3) is 0 Å². The molecular formula is C28H53NO5Si. The van der Waals surface area contributed by atoms with Crippen molar-refractivity contribution in [1.29, 1.82) is 0 Å². The molecule has 0 amide bonds. The van der Waals surface area contributed by atoms with E-state index in [2.05, 4.69) is 46.3 Å². The van der Waals surface area contributed by atoms with Crippen molar-refractivity contribution in [2.24, 2.45) is 0 Å². The van der Waals surface area contributed by atoms with Gasteiger partial charge in [0.25, 0.3) is 0 Å². The molecule has 204 valence electrons.